The quantitative estimate of drug-likeness (QED) is 0.304. The molecule has 0 unspecified atom stereocenters. The molecule has 0 aromatic heterocycles. The number of rotatable bonds is 8. The summed E-state index contributed by atoms with van der Waals surface area (Å²) in [6.07, 6.45) is -5.60. The minimum Gasteiger partial charge on any atom is -0.358 e. The Hall–Kier alpha value is -1.67. The van der Waals surface area contributed by atoms with E-state index in [4.69, 9.17) is 27.9 Å². The van der Waals surface area contributed by atoms with Crippen LogP contribution in [0, 0.1) is 0 Å². The van der Waals surface area contributed by atoms with E-state index in [2.05, 4.69) is 6.58 Å². The van der Waals surface area contributed by atoms with E-state index in [9.17, 15) is 18.0 Å². The Morgan fingerprint density at radius 1 is 1.08 bits per heavy atom. The number of ether oxygens (including phenoxy) is 1. The average Bonchev–Trinajstić information content (AvgIpc) is 2.77. The summed E-state index contributed by atoms with van der Waals surface area (Å²) in [6.45, 7) is 9.54. The van der Waals surface area contributed by atoms with Gasteiger partial charge in [-0.3, -0.25) is 4.79 Å². The van der Waals surface area contributed by atoms with Crippen LogP contribution in [0.1, 0.15) is 56.9 Å². The predicted octanol–water partition coefficient (Wildman–Crippen LogP) is 8.43. The number of halogens is 5. The molecule has 9 heteroatoms. The summed E-state index contributed by atoms with van der Waals surface area (Å²) in [5.74, 6) is -0.376. The highest BCUT2D eigenvalue weighted by Crippen LogP contribution is 2.46. The standard InChI is InChI=1S/C27H30Cl2F3NO2S/c1-5-7-22-25(34)33(21(15-27(30,31)32)16-36-26(2,3)4)23(17-10-12-19(28)13-11-17)24(35-22)18-8-6-9-20(29)14-18/h5-6,8-14,21-24H,1,7,15-16H2,2-4H3/t21-,22-,23+,24+/m0/s1. The van der Waals surface area contributed by atoms with Crippen molar-refractivity contribution in [2.75, 3.05) is 5.75 Å². The Bertz CT molecular complexity index is 1060. The highest BCUT2D eigenvalue weighted by atomic mass is 35.5. The predicted molar refractivity (Wildman–Crippen MR) is 142 cm³/mol. The molecule has 0 bridgehead atoms. The van der Waals surface area contributed by atoms with E-state index >= 15 is 0 Å². The SMILES string of the molecule is C=CC[C@@H]1O[C@H](c2cccc(Cl)c2)[C@@H](c2ccc(Cl)cc2)N([C@H](CSC(C)(C)C)CC(F)(F)F)C1=O. The molecule has 1 amide bonds. The first-order valence-electron chi connectivity index (χ1n) is 11.6. The molecule has 2 aromatic carbocycles. The van der Waals surface area contributed by atoms with Crippen molar-refractivity contribution in [1.82, 2.24) is 4.90 Å². The van der Waals surface area contributed by atoms with Crippen LogP contribution in [0.25, 0.3) is 0 Å². The smallest absolute Gasteiger partial charge is 0.358 e. The van der Waals surface area contributed by atoms with Crippen molar-refractivity contribution < 1.29 is 22.7 Å². The van der Waals surface area contributed by atoms with Crippen LogP contribution in [0.5, 0.6) is 0 Å². The molecule has 36 heavy (non-hydrogen) atoms. The summed E-state index contributed by atoms with van der Waals surface area (Å²) in [7, 11) is 0. The molecule has 1 heterocycles. The van der Waals surface area contributed by atoms with E-state index in [1.807, 2.05) is 20.8 Å². The van der Waals surface area contributed by atoms with Gasteiger partial charge in [-0.05, 0) is 35.4 Å². The number of carbonyl (C=O) groups is 1. The fourth-order valence-electron chi connectivity index (χ4n) is 4.26. The Labute approximate surface area is 225 Å². The summed E-state index contributed by atoms with van der Waals surface area (Å²) >= 11 is 13.8. The van der Waals surface area contributed by atoms with E-state index < -0.39 is 42.8 Å². The first kappa shape index (κ1) is 28.9. The van der Waals surface area contributed by atoms with Gasteiger partial charge in [-0.1, -0.05) is 74.3 Å². The maximum absolute atomic E-state index is 13.9. The Morgan fingerprint density at radius 2 is 1.75 bits per heavy atom. The van der Waals surface area contributed by atoms with Crippen LogP contribution in [0.2, 0.25) is 10.0 Å². The number of amides is 1. The molecular formula is C27H30Cl2F3NO2S. The lowest BCUT2D eigenvalue weighted by molar-refractivity contribution is -0.188. The lowest BCUT2D eigenvalue weighted by Crippen LogP contribution is -2.56. The van der Waals surface area contributed by atoms with Crippen LogP contribution in [0.3, 0.4) is 0 Å². The summed E-state index contributed by atoms with van der Waals surface area (Å²) < 4.78 is 47.6. The maximum atomic E-state index is 13.9. The summed E-state index contributed by atoms with van der Waals surface area (Å²) in [4.78, 5) is 15.2. The number of morpholine rings is 1. The molecule has 1 fully saturated rings. The fourth-order valence-corrected chi connectivity index (χ4v) is 5.56. The number of thioether (sulfide) groups is 1. The molecule has 3 nitrogen and oxygen atoms in total. The third kappa shape index (κ3) is 7.67. The van der Waals surface area contributed by atoms with E-state index in [0.29, 0.717) is 21.2 Å². The zero-order valence-corrected chi connectivity index (χ0v) is 22.7. The van der Waals surface area contributed by atoms with E-state index in [1.165, 1.54) is 16.7 Å². The molecule has 0 saturated carbocycles. The molecule has 1 aliphatic rings. The zero-order chi connectivity index (χ0) is 26.7. The number of carbonyl (C=O) groups excluding carboxylic acids is 1. The summed E-state index contributed by atoms with van der Waals surface area (Å²) in [5.41, 5.74) is 1.30. The van der Waals surface area contributed by atoms with Gasteiger partial charge in [-0.2, -0.15) is 24.9 Å². The van der Waals surface area contributed by atoms with E-state index in [-0.39, 0.29) is 16.9 Å². The van der Waals surface area contributed by atoms with Crippen LogP contribution in [0.15, 0.2) is 61.2 Å². The molecule has 4 atom stereocenters. The molecule has 1 saturated heterocycles. The molecule has 0 radical (unpaired) electrons. The third-order valence-electron chi connectivity index (χ3n) is 5.77. The minimum absolute atomic E-state index is 0.113. The van der Waals surface area contributed by atoms with Crippen molar-refractivity contribution in [3.05, 3.63) is 82.4 Å². The van der Waals surface area contributed by atoms with Gasteiger partial charge in [-0.15, -0.1) is 6.58 Å². The molecule has 0 N–H and O–H groups in total. The molecule has 196 valence electrons. The summed E-state index contributed by atoms with van der Waals surface area (Å²) in [6, 6.07) is 11.8. The van der Waals surface area contributed by atoms with Crippen LogP contribution in [-0.4, -0.2) is 39.6 Å². The monoisotopic (exact) mass is 559 g/mol. The fraction of sp³-hybridized carbons (Fsp3) is 0.444. The van der Waals surface area contributed by atoms with Gasteiger partial charge in [0.1, 0.15) is 12.2 Å². The van der Waals surface area contributed by atoms with Gasteiger partial charge in [0.05, 0.1) is 18.5 Å². The van der Waals surface area contributed by atoms with E-state index in [0.717, 1.165) is 0 Å². The van der Waals surface area contributed by atoms with Gasteiger partial charge >= 0.3 is 6.18 Å². The van der Waals surface area contributed by atoms with Crippen molar-refractivity contribution in [3.8, 4) is 0 Å². The molecule has 3 rings (SSSR count). The Morgan fingerprint density at radius 3 is 2.31 bits per heavy atom. The van der Waals surface area contributed by atoms with Crippen molar-refractivity contribution in [1.29, 1.82) is 0 Å². The van der Waals surface area contributed by atoms with E-state index in [1.54, 1.807) is 54.6 Å². The maximum Gasteiger partial charge on any atom is 0.391 e. The van der Waals surface area contributed by atoms with Crippen molar-refractivity contribution in [2.45, 2.75) is 68.8 Å². The second-order valence-corrected chi connectivity index (χ2v) is 12.5. The highest BCUT2D eigenvalue weighted by molar-refractivity contribution is 8.00. The van der Waals surface area contributed by atoms with Gasteiger partial charge in [0.25, 0.3) is 5.91 Å². The number of alkyl halides is 3. The Balaban J connectivity index is 2.19. The third-order valence-corrected chi connectivity index (χ3v) is 7.67. The number of nitrogens with zero attached hydrogens (tertiary/aromatic N) is 1. The minimum atomic E-state index is -4.47. The van der Waals surface area contributed by atoms with Gasteiger partial charge in [0, 0.05) is 27.0 Å². The molecular weight excluding hydrogens is 530 g/mol. The zero-order valence-electron chi connectivity index (χ0n) is 20.4. The first-order chi connectivity index (χ1) is 16.8. The van der Waals surface area contributed by atoms with Gasteiger partial charge in [-0.25, -0.2) is 0 Å². The number of benzene rings is 2. The normalized spacial score (nSPS) is 21.9. The number of hydrogen-bond donors (Lipinski definition) is 0. The van der Waals surface area contributed by atoms with Crippen LogP contribution in [0.4, 0.5) is 13.2 Å². The van der Waals surface area contributed by atoms with Crippen LogP contribution in [-0.2, 0) is 9.53 Å². The molecule has 0 aliphatic carbocycles. The molecule has 2 aromatic rings. The van der Waals surface area contributed by atoms with Crippen molar-refractivity contribution in [2.24, 2.45) is 0 Å². The van der Waals surface area contributed by atoms with Gasteiger partial charge in [0.15, 0.2) is 0 Å². The van der Waals surface area contributed by atoms with Crippen molar-refractivity contribution in [3.63, 3.8) is 0 Å². The van der Waals surface area contributed by atoms with Crippen LogP contribution >= 0.6 is 35.0 Å². The summed E-state index contributed by atoms with van der Waals surface area (Å²) in [5, 5.41) is 0.942. The van der Waals surface area contributed by atoms with Crippen LogP contribution < -0.4 is 0 Å². The molecule has 0 spiro atoms. The lowest BCUT2D eigenvalue weighted by Gasteiger charge is -2.48. The van der Waals surface area contributed by atoms with Crippen molar-refractivity contribution >= 4 is 40.9 Å². The highest BCUT2D eigenvalue weighted by Gasteiger charge is 2.48. The molecule has 1 aliphatic heterocycles. The first-order valence-corrected chi connectivity index (χ1v) is 13.3. The van der Waals surface area contributed by atoms with Gasteiger partial charge in [0.2, 0.25) is 0 Å². The Kier molecular flexibility index (Phi) is 9.47. The second-order valence-electron chi connectivity index (χ2n) is 9.76. The number of hydrogen-bond acceptors (Lipinski definition) is 3. The average molecular weight is 561 g/mol. The second kappa shape index (κ2) is 11.8. The largest absolute Gasteiger partial charge is 0.391 e. The van der Waals surface area contributed by atoms with Gasteiger partial charge < -0.3 is 9.64 Å². The lowest BCUT2D eigenvalue weighted by atomic mass is 9.89. The topological polar surface area (TPSA) is 29.5 Å².